The summed E-state index contributed by atoms with van der Waals surface area (Å²) in [6.07, 6.45) is 0. The Hall–Kier alpha value is -1.54. The molecule has 82 valence electrons. The van der Waals surface area contributed by atoms with Crippen LogP contribution in [0.15, 0.2) is 42.3 Å². The lowest BCUT2D eigenvalue weighted by Crippen LogP contribution is -2.06. The van der Waals surface area contributed by atoms with Gasteiger partial charge in [0.1, 0.15) is 11.5 Å². The lowest BCUT2D eigenvalue weighted by atomic mass is 10.2. The number of allylic oxidation sites excluding steroid dienone is 1. The van der Waals surface area contributed by atoms with E-state index in [0.717, 1.165) is 11.3 Å². The van der Waals surface area contributed by atoms with Gasteiger partial charge < -0.3 is 4.74 Å². The molecule has 0 radical (unpaired) electrons. The van der Waals surface area contributed by atoms with E-state index in [1.807, 2.05) is 31.2 Å². The zero-order valence-electron chi connectivity index (χ0n) is 9.04. The molecule has 0 atom stereocenters. The monoisotopic (exact) mass is 207 g/mol. The van der Waals surface area contributed by atoms with Crippen molar-refractivity contribution >= 4 is 0 Å². The van der Waals surface area contributed by atoms with Gasteiger partial charge in [0.15, 0.2) is 0 Å². The molecule has 0 aliphatic rings. The van der Waals surface area contributed by atoms with E-state index in [1.165, 1.54) is 0 Å². The van der Waals surface area contributed by atoms with Crippen molar-refractivity contribution in [1.29, 1.82) is 0 Å². The summed E-state index contributed by atoms with van der Waals surface area (Å²) in [5.41, 5.74) is 6.37. The number of benzene rings is 1. The summed E-state index contributed by atoms with van der Waals surface area (Å²) in [5.74, 6) is 1.44. The molecule has 0 heterocycles. The Labute approximate surface area is 91.5 Å². The predicted octanol–water partition coefficient (Wildman–Crippen LogP) is 2.65. The van der Waals surface area contributed by atoms with Crippen molar-refractivity contribution in [3.63, 3.8) is 0 Å². The molecule has 1 aromatic carbocycles. The maximum absolute atomic E-state index is 5.41. The van der Waals surface area contributed by atoms with Crippen LogP contribution in [0, 0.1) is 0 Å². The molecule has 0 unspecified atom stereocenters. The molecule has 1 N–H and O–H groups in total. The van der Waals surface area contributed by atoms with Crippen LogP contribution in [0.2, 0.25) is 0 Å². The normalized spacial score (nSPS) is 9.47. The van der Waals surface area contributed by atoms with Crippen molar-refractivity contribution in [2.75, 3.05) is 7.05 Å². The molecule has 0 amide bonds. The SMILES string of the molecule is C=C=C(C)Oc1ccc(CONC)cc1.[HH]. The molecule has 3 heteroatoms. The van der Waals surface area contributed by atoms with Crippen LogP contribution in [-0.2, 0) is 11.4 Å². The Morgan fingerprint density at radius 1 is 1.47 bits per heavy atom. The molecule has 3 nitrogen and oxygen atoms in total. The molecule has 0 bridgehead atoms. The molecule has 0 aliphatic heterocycles. The lowest BCUT2D eigenvalue weighted by Gasteiger charge is -2.05. The molecule has 1 aromatic rings. The van der Waals surface area contributed by atoms with E-state index in [-0.39, 0.29) is 1.43 Å². The smallest absolute Gasteiger partial charge is 0.142 e. The highest BCUT2D eigenvalue weighted by Crippen LogP contribution is 2.14. The summed E-state index contributed by atoms with van der Waals surface area (Å²) < 4.78 is 5.41. The molecule has 0 saturated carbocycles. The van der Waals surface area contributed by atoms with Gasteiger partial charge in [-0.25, -0.2) is 5.48 Å². The summed E-state index contributed by atoms with van der Waals surface area (Å²) in [7, 11) is 1.73. The first kappa shape index (κ1) is 11.5. The predicted molar refractivity (Wildman–Crippen MR) is 61.4 cm³/mol. The average Bonchev–Trinajstić information content (AvgIpc) is 2.28. The van der Waals surface area contributed by atoms with Gasteiger partial charge in [0.05, 0.1) is 6.61 Å². The van der Waals surface area contributed by atoms with E-state index >= 15 is 0 Å². The van der Waals surface area contributed by atoms with E-state index in [9.17, 15) is 0 Å². The molecule has 0 spiro atoms. The van der Waals surface area contributed by atoms with Crippen LogP contribution in [0.3, 0.4) is 0 Å². The van der Waals surface area contributed by atoms with Gasteiger partial charge in [-0.1, -0.05) is 24.4 Å². The van der Waals surface area contributed by atoms with E-state index in [0.29, 0.717) is 12.4 Å². The minimum atomic E-state index is 0. The quantitative estimate of drug-likeness (QED) is 0.457. The Balaban J connectivity index is 0.00000225. The summed E-state index contributed by atoms with van der Waals surface area (Å²) in [5, 5.41) is 0. The van der Waals surface area contributed by atoms with Gasteiger partial charge in [-0.3, -0.25) is 4.84 Å². The van der Waals surface area contributed by atoms with Gasteiger partial charge in [0.2, 0.25) is 0 Å². The maximum atomic E-state index is 5.41. The number of rotatable bonds is 5. The van der Waals surface area contributed by atoms with Gasteiger partial charge in [0.25, 0.3) is 0 Å². The minimum absolute atomic E-state index is 0. The van der Waals surface area contributed by atoms with E-state index in [2.05, 4.69) is 17.8 Å². The van der Waals surface area contributed by atoms with Crippen LogP contribution in [0.4, 0.5) is 0 Å². The van der Waals surface area contributed by atoms with Crippen LogP contribution >= 0.6 is 0 Å². The highest BCUT2D eigenvalue weighted by Gasteiger charge is 1.96. The lowest BCUT2D eigenvalue weighted by molar-refractivity contribution is 0.0444. The first-order valence-electron chi connectivity index (χ1n) is 4.68. The second-order valence-corrected chi connectivity index (χ2v) is 2.97. The third-order valence-corrected chi connectivity index (χ3v) is 1.83. The van der Waals surface area contributed by atoms with Gasteiger partial charge >= 0.3 is 0 Å². The van der Waals surface area contributed by atoms with Crippen molar-refractivity contribution in [2.45, 2.75) is 13.5 Å². The highest BCUT2D eigenvalue weighted by atomic mass is 16.6. The summed E-state index contributed by atoms with van der Waals surface area (Å²) in [4.78, 5) is 5.04. The fourth-order valence-electron chi connectivity index (χ4n) is 1.02. The molecular weight excluding hydrogens is 190 g/mol. The second kappa shape index (κ2) is 6.04. The Bertz CT molecular complexity index is 356. The number of hydrogen-bond donors (Lipinski definition) is 1. The van der Waals surface area contributed by atoms with Crippen molar-refractivity contribution in [1.82, 2.24) is 5.48 Å². The number of hydroxylamine groups is 1. The van der Waals surface area contributed by atoms with Crippen molar-refractivity contribution in [2.24, 2.45) is 0 Å². The van der Waals surface area contributed by atoms with E-state index in [1.54, 1.807) is 7.05 Å². The summed E-state index contributed by atoms with van der Waals surface area (Å²) in [6, 6.07) is 7.66. The standard InChI is InChI=1S/C12H15NO2.H2/c1-4-10(2)15-12-7-5-11(6-8-12)9-14-13-3;/h5-8,13H,1,9H2,2-3H3;1H. The fourth-order valence-corrected chi connectivity index (χ4v) is 1.02. The van der Waals surface area contributed by atoms with Crippen LogP contribution in [0.25, 0.3) is 0 Å². The summed E-state index contributed by atoms with van der Waals surface area (Å²) >= 11 is 0. The summed E-state index contributed by atoms with van der Waals surface area (Å²) in [6.45, 7) is 5.84. The second-order valence-electron chi connectivity index (χ2n) is 2.97. The number of ether oxygens (including phenoxy) is 1. The molecule has 15 heavy (non-hydrogen) atoms. The molecule has 1 rings (SSSR count). The number of nitrogens with one attached hydrogen (secondary N) is 1. The van der Waals surface area contributed by atoms with Crippen LogP contribution in [0.5, 0.6) is 5.75 Å². The average molecular weight is 207 g/mol. The van der Waals surface area contributed by atoms with Crippen molar-refractivity contribution in [3.05, 3.63) is 47.9 Å². The highest BCUT2D eigenvalue weighted by molar-refractivity contribution is 5.28. The first-order valence-corrected chi connectivity index (χ1v) is 4.68. The van der Waals surface area contributed by atoms with Crippen LogP contribution in [0.1, 0.15) is 13.9 Å². The molecule has 0 fully saturated rings. The van der Waals surface area contributed by atoms with Gasteiger partial charge in [-0.2, -0.15) is 0 Å². The van der Waals surface area contributed by atoms with Crippen LogP contribution in [-0.4, -0.2) is 7.05 Å². The Morgan fingerprint density at radius 3 is 2.67 bits per heavy atom. The topological polar surface area (TPSA) is 30.5 Å². The molecule has 0 aromatic heterocycles. The molecule has 0 saturated heterocycles. The van der Waals surface area contributed by atoms with E-state index < -0.39 is 0 Å². The molecule has 0 aliphatic carbocycles. The van der Waals surface area contributed by atoms with Gasteiger partial charge in [-0.15, -0.1) is 0 Å². The van der Waals surface area contributed by atoms with Crippen molar-refractivity contribution < 1.29 is 11.0 Å². The van der Waals surface area contributed by atoms with Gasteiger partial charge in [0, 0.05) is 15.4 Å². The van der Waals surface area contributed by atoms with Crippen LogP contribution < -0.4 is 10.2 Å². The zero-order chi connectivity index (χ0) is 11.1. The maximum Gasteiger partial charge on any atom is 0.142 e. The third-order valence-electron chi connectivity index (χ3n) is 1.83. The van der Waals surface area contributed by atoms with Crippen molar-refractivity contribution in [3.8, 4) is 5.75 Å². The zero-order valence-corrected chi connectivity index (χ0v) is 9.04. The third kappa shape index (κ3) is 4.00. The minimum Gasteiger partial charge on any atom is -0.454 e. The fraction of sp³-hybridized carbons (Fsp3) is 0.250. The largest absolute Gasteiger partial charge is 0.454 e. The first-order chi connectivity index (χ1) is 7.26. The van der Waals surface area contributed by atoms with Gasteiger partial charge in [-0.05, 0) is 17.7 Å². The Morgan fingerprint density at radius 2 is 2.13 bits per heavy atom. The molecular formula is C12H17NO2. The number of hydrogen-bond acceptors (Lipinski definition) is 3. The van der Waals surface area contributed by atoms with E-state index in [4.69, 9.17) is 9.57 Å². The Kier molecular flexibility index (Phi) is 4.64.